The van der Waals surface area contributed by atoms with Crippen LogP contribution in [0, 0.1) is 0 Å². The van der Waals surface area contributed by atoms with Crippen LogP contribution in [0.4, 0.5) is 0 Å². The van der Waals surface area contributed by atoms with Gasteiger partial charge in [-0.25, -0.2) is 0 Å². The highest BCUT2D eigenvalue weighted by atomic mass is 16.3. The Morgan fingerprint density at radius 2 is 2.44 bits per heavy atom. The average Bonchev–Trinajstić information content (AvgIpc) is 2.93. The Morgan fingerprint density at radius 3 is 3.17 bits per heavy atom. The fraction of sp³-hybridized carbons (Fsp3) is 0.615. The van der Waals surface area contributed by atoms with Gasteiger partial charge in [0.05, 0.1) is 12.2 Å². The van der Waals surface area contributed by atoms with Gasteiger partial charge in [-0.1, -0.05) is 6.42 Å². The van der Waals surface area contributed by atoms with Crippen molar-refractivity contribution in [3.05, 3.63) is 24.0 Å². The van der Waals surface area contributed by atoms with Crippen LogP contribution in [0.3, 0.4) is 0 Å². The number of nitrogens with zero attached hydrogens (tertiary/aromatic N) is 1. The molecule has 18 heavy (non-hydrogen) atoms. The monoisotopic (exact) mass is 251 g/mol. The summed E-state index contributed by atoms with van der Waals surface area (Å²) in [7, 11) is 0. The van der Waals surface area contributed by atoms with E-state index in [1.807, 2.05) is 0 Å². The number of rotatable bonds is 5. The Labute approximate surface area is 107 Å². The molecule has 0 unspecified atom stereocenters. The number of aromatic nitrogens is 1. The highest BCUT2D eigenvalue weighted by molar-refractivity contribution is 5.93. The fourth-order valence-electron chi connectivity index (χ4n) is 2.44. The Bertz CT molecular complexity index is 364. The SMILES string of the molecule is O=C(NCCN1CCCC[C@@H]1CO)c1cc[nH]c1. The molecule has 5 heteroatoms. The van der Waals surface area contributed by atoms with Crippen molar-refractivity contribution in [3.63, 3.8) is 0 Å². The molecule has 1 atom stereocenters. The van der Waals surface area contributed by atoms with Crippen molar-refractivity contribution < 1.29 is 9.90 Å². The largest absolute Gasteiger partial charge is 0.395 e. The summed E-state index contributed by atoms with van der Waals surface area (Å²) in [5, 5.41) is 12.2. The van der Waals surface area contributed by atoms with Crippen molar-refractivity contribution in [3.8, 4) is 0 Å². The molecule has 0 bridgehead atoms. The number of aliphatic hydroxyl groups excluding tert-OH is 1. The number of aromatic amines is 1. The normalized spacial score (nSPS) is 20.8. The second kappa shape index (κ2) is 6.56. The molecule has 3 N–H and O–H groups in total. The summed E-state index contributed by atoms with van der Waals surface area (Å²) in [5.74, 6) is -0.0474. The van der Waals surface area contributed by atoms with Gasteiger partial charge in [0, 0.05) is 31.5 Å². The molecule has 0 saturated carbocycles. The summed E-state index contributed by atoms with van der Waals surface area (Å²) in [6.07, 6.45) is 6.86. The molecule has 1 amide bonds. The number of likely N-dealkylation sites (tertiary alicyclic amines) is 1. The lowest BCUT2D eigenvalue weighted by atomic mass is 10.0. The molecule has 1 fully saturated rings. The molecule has 1 aromatic heterocycles. The van der Waals surface area contributed by atoms with Crippen LogP contribution < -0.4 is 5.32 Å². The van der Waals surface area contributed by atoms with Crippen molar-refractivity contribution in [2.75, 3.05) is 26.2 Å². The van der Waals surface area contributed by atoms with Crippen molar-refractivity contribution in [2.45, 2.75) is 25.3 Å². The predicted molar refractivity (Wildman–Crippen MR) is 69.4 cm³/mol. The minimum atomic E-state index is -0.0474. The third-order valence-corrected chi connectivity index (χ3v) is 3.50. The van der Waals surface area contributed by atoms with E-state index in [4.69, 9.17) is 0 Å². The van der Waals surface area contributed by atoms with Crippen LogP contribution in [0.1, 0.15) is 29.6 Å². The molecule has 0 spiro atoms. The van der Waals surface area contributed by atoms with Gasteiger partial charge in [-0.3, -0.25) is 9.69 Å². The lowest BCUT2D eigenvalue weighted by molar-refractivity contribution is 0.0849. The lowest BCUT2D eigenvalue weighted by Gasteiger charge is -2.34. The molecular weight excluding hydrogens is 230 g/mol. The number of piperidine rings is 1. The zero-order valence-corrected chi connectivity index (χ0v) is 10.6. The molecule has 100 valence electrons. The van der Waals surface area contributed by atoms with Crippen LogP contribution in [-0.4, -0.2) is 53.2 Å². The first kappa shape index (κ1) is 13.1. The fourth-order valence-corrected chi connectivity index (χ4v) is 2.44. The van der Waals surface area contributed by atoms with Crippen LogP contribution in [0.5, 0.6) is 0 Å². The molecule has 0 radical (unpaired) electrons. The summed E-state index contributed by atoms with van der Waals surface area (Å²) in [6, 6.07) is 2.02. The number of carbonyl (C=O) groups excluding carboxylic acids is 1. The number of aliphatic hydroxyl groups is 1. The van der Waals surface area contributed by atoms with Crippen LogP contribution >= 0.6 is 0 Å². The van der Waals surface area contributed by atoms with Crippen LogP contribution in [0.2, 0.25) is 0 Å². The third-order valence-electron chi connectivity index (χ3n) is 3.50. The van der Waals surface area contributed by atoms with Gasteiger partial charge in [-0.15, -0.1) is 0 Å². The van der Waals surface area contributed by atoms with Crippen molar-refractivity contribution >= 4 is 5.91 Å². The standard InChI is InChI=1S/C13H21N3O2/c17-10-12-3-1-2-7-16(12)8-6-15-13(18)11-4-5-14-9-11/h4-5,9,12,14,17H,1-3,6-8,10H2,(H,15,18)/t12-/m1/s1. The summed E-state index contributed by atoms with van der Waals surface area (Å²) in [4.78, 5) is 16.8. The van der Waals surface area contributed by atoms with E-state index >= 15 is 0 Å². The highest BCUT2D eigenvalue weighted by Gasteiger charge is 2.21. The van der Waals surface area contributed by atoms with E-state index in [2.05, 4.69) is 15.2 Å². The first-order valence-electron chi connectivity index (χ1n) is 6.57. The van der Waals surface area contributed by atoms with Gasteiger partial charge < -0.3 is 15.4 Å². The van der Waals surface area contributed by atoms with Crippen LogP contribution in [0.25, 0.3) is 0 Å². The maximum atomic E-state index is 11.7. The number of amides is 1. The molecular formula is C13H21N3O2. The minimum absolute atomic E-state index is 0.0474. The van der Waals surface area contributed by atoms with Crippen LogP contribution in [0.15, 0.2) is 18.5 Å². The molecule has 1 saturated heterocycles. The predicted octanol–water partition coefficient (Wildman–Crippen LogP) is 0.591. The minimum Gasteiger partial charge on any atom is -0.395 e. The summed E-state index contributed by atoms with van der Waals surface area (Å²) in [6.45, 7) is 2.67. The number of hydrogen-bond acceptors (Lipinski definition) is 3. The molecule has 2 rings (SSSR count). The molecule has 0 aromatic carbocycles. The molecule has 2 heterocycles. The maximum absolute atomic E-state index is 11.7. The number of nitrogens with one attached hydrogen (secondary N) is 2. The second-order valence-electron chi connectivity index (χ2n) is 4.72. The van der Waals surface area contributed by atoms with Gasteiger partial charge >= 0.3 is 0 Å². The van der Waals surface area contributed by atoms with E-state index in [1.165, 1.54) is 12.8 Å². The van der Waals surface area contributed by atoms with Crippen molar-refractivity contribution in [2.24, 2.45) is 0 Å². The average molecular weight is 251 g/mol. The Morgan fingerprint density at radius 1 is 1.56 bits per heavy atom. The zero-order valence-electron chi connectivity index (χ0n) is 10.6. The van der Waals surface area contributed by atoms with E-state index in [0.717, 1.165) is 19.5 Å². The highest BCUT2D eigenvalue weighted by Crippen LogP contribution is 2.15. The molecule has 1 aliphatic heterocycles. The summed E-state index contributed by atoms with van der Waals surface area (Å²) >= 11 is 0. The molecule has 1 aliphatic rings. The summed E-state index contributed by atoms with van der Waals surface area (Å²) < 4.78 is 0. The smallest absolute Gasteiger partial charge is 0.252 e. The maximum Gasteiger partial charge on any atom is 0.252 e. The van der Waals surface area contributed by atoms with E-state index in [9.17, 15) is 9.90 Å². The molecule has 1 aromatic rings. The topological polar surface area (TPSA) is 68.4 Å². The van der Waals surface area contributed by atoms with Crippen molar-refractivity contribution in [1.82, 2.24) is 15.2 Å². The number of hydrogen-bond donors (Lipinski definition) is 3. The third kappa shape index (κ3) is 3.34. The Hall–Kier alpha value is -1.33. The van der Waals surface area contributed by atoms with Gasteiger partial charge in [-0.2, -0.15) is 0 Å². The molecule has 5 nitrogen and oxygen atoms in total. The van der Waals surface area contributed by atoms with E-state index in [0.29, 0.717) is 12.1 Å². The summed E-state index contributed by atoms with van der Waals surface area (Å²) in [5.41, 5.74) is 0.660. The zero-order chi connectivity index (χ0) is 12.8. The Balaban J connectivity index is 1.72. The Kier molecular flexibility index (Phi) is 4.78. The number of carbonyl (C=O) groups is 1. The van der Waals surface area contributed by atoms with Gasteiger partial charge in [0.1, 0.15) is 0 Å². The van der Waals surface area contributed by atoms with Crippen molar-refractivity contribution in [1.29, 1.82) is 0 Å². The van der Waals surface area contributed by atoms with E-state index in [1.54, 1.807) is 18.5 Å². The van der Waals surface area contributed by atoms with Gasteiger partial charge in [-0.05, 0) is 25.5 Å². The lowest BCUT2D eigenvalue weighted by Crippen LogP contribution is -2.45. The van der Waals surface area contributed by atoms with E-state index < -0.39 is 0 Å². The van der Waals surface area contributed by atoms with Gasteiger partial charge in [0.25, 0.3) is 5.91 Å². The van der Waals surface area contributed by atoms with E-state index in [-0.39, 0.29) is 18.6 Å². The number of H-pyrrole nitrogens is 1. The first-order valence-corrected chi connectivity index (χ1v) is 6.57. The second-order valence-corrected chi connectivity index (χ2v) is 4.72. The molecule has 0 aliphatic carbocycles. The van der Waals surface area contributed by atoms with Gasteiger partial charge in [0.15, 0.2) is 0 Å². The first-order chi connectivity index (χ1) is 8.81. The van der Waals surface area contributed by atoms with Gasteiger partial charge in [0.2, 0.25) is 0 Å². The van der Waals surface area contributed by atoms with Crippen LogP contribution in [-0.2, 0) is 0 Å². The quantitative estimate of drug-likeness (QED) is 0.717.